The molecule has 0 radical (unpaired) electrons. The van der Waals surface area contributed by atoms with Gasteiger partial charge >= 0.3 is 0 Å². The van der Waals surface area contributed by atoms with Crippen LogP contribution >= 0.6 is 0 Å². The Morgan fingerprint density at radius 1 is 1.15 bits per heavy atom. The number of nitrogens with zero attached hydrogens (tertiary/aromatic N) is 4. The monoisotopic (exact) mass is 348 g/mol. The summed E-state index contributed by atoms with van der Waals surface area (Å²) in [6.07, 6.45) is 5.80. The maximum absolute atomic E-state index is 13.9. The molecule has 130 valence electrons. The summed E-state index contributed by atoms with van der Waals surface area (Å²) in [6, 6.07) is 12.0. The van der Waals surface area contributed by atoms with E-state index in [1.165, 1.54) is 6.07 Å². The Bertz CT molecular complexity index is 1010. The molecule has 0 unspecified atom stereocenters. The highest BCUT2D eigenvalue weighted by Crippen LogP contribution is 2.27. The number of allylic oxidation sites excluding steroid dienone is 1. The quantitative estimate of drug-likeness (QED) is 0.655. The molecule has 0 bridgehead atoms. The third kappa shape index (κ3) is 3.04. The van der Waals surface area contributed by atoms with E-state index in [1.807, 2.05) is 4.57 Å². The molecule has 1 aliphatic heterocycles. The van der Waals surface area contributed by atoms with Gasteiger partial charge in [0.05, 0.1) is 5.56 Å². The molecule has 0 N–H and O–H groups in total. The van der Waals surface area contributed by atoms with E-state index in [2.05, 4.69) is 16.3 Å². The molecule has 0 aliphatic carbocycles. The second kappa shape index (κ2) is 6.96. The number of aryl methyl sites for hydroxylation is 1. The average molecular weight is 348 g/mol. The van der Waals surface area contributed by atoms with Crippen LogP contribution in [-0.4, -0.2) is 14.8 Å². The van der Waals surface area contributed by atoms with Crippen LogP contribution in [0.15, 0.2) is 40.8 Å². The molecule has 3 heterocycles. The minimum absolute atomic E-state index is 0.347. The van der Waals surface area contributed by atoms with Crippen LogP contribution in [0, 0.1) is 17.1 Å². The fourth-order valence-electron chi connectivity index (χ4n) is 3.21. The van der Waals surface area contributed by atoms with E-state index in [4.69, 9.17) is 4.42 Å². The number of rotatable bonds is 3. The van der Waals surface area contributed by atoms with E-state index in [-0.39, 0.29) is 5.82 Å². The summed E-state index contributed by atoms with van der Waals surface area (Å²) in [5.41, 5.74) is 0.780. The highest BCUT2D eigenvalue weighted by Gasteiger charge is 2.18. The zero-order valence-electron chi connectivity index (χ0n) is 14.2. The number of aromatic nitrogens is 3. The molecule has 5 nitrogen and oxygen atoms in total. The maximum Gasteiger partial charge on any atom is 0.174 e. The Morgan fingerprint density at radius 2 is 2.04 bits per heavy atom. The van der Waals surface area contributed by atoms with Crippen LogP contribution in [0.4, 0.5) is 4.39 Å². The third-order valence-corrected chi connectivity index (χ3v) is 4.52. The Morgan fingerprint density at radius 3 is 2.88 bits per heavy atom. The van der Waals surface area contributed by atoms with Crippen molar-refractivity contribution in [3.05, 3.63) is 59.6 Å². The van der Waals surface area contributed by atoms with Crippen LogP contribution in [0.5, 0.6) is 0 Å². The van der Waals surface area contributed by atoms with Gasteiger partial charge in [0.2, 0.25) is 0 Å². The van der Waals surface area contributed by atoms with Crippen LogP contribution in [0.25, 0.3) is 23.0 Å². The SMILES string of the molecule is N#C/C(=C\c1ccc(-c2ccccc2F)o1)c1nnc2n1CCCCC2. The van der Waals surface area contributed by atoms with Gasteiger partial charge in [0.25, 0.3) is 0 Å². The number of hydrogen-bond acceptors (Lipinski definition) is 4. The first-order chi connectivity index (χ1) is 12.8. The summed E-state index contributed by atoms with van der Waals surface area (Å²) in [5, 5.41) is 18.0. The number of nitriles is 1. The van der Waals surface area contributed by atoms with Gasteiger partial charge in [-0.15, -0.1) is 10.2 Å². The van der Waals surface area contributed by atoms with E-state index < -0.39 is 0 Å². The molecule has 0 atom stereocenters. The molecule has 1 aliphatic rings. The van der Waals surface area contributed by atoms with E-state index in [1.54, 1.807) is 36.4 Å². The summed E-state index contributed by atoms with van der Waals surface area (Å²) in [4.78, 5) is 0. The van der Waals surface area contributed by atoms with Crippen molar-refractivity contribution in [3.8, 4) is 17.4 Å². The lowest BCUT2D eigenvalue weighted by atomic mass is 10.1. The largest absolute Gasteiger partial charge is 0.457 e. The molecule has 4 rings (SSSR count). The predicted octanol–water partition coefficient (Wildman–Crippen LogP) is 4.47. The molecular formula is C20H17FN4O. The second-order valence-corrected chi connectivity index (χ2v) is 6.25. The molecule has 0 saturated carbocycles. The zero-order valence-corrected chi connectivity index (χ0v) is 14.2. The molecule has 2 aromatic heterocycles. The van der Waals surface area contributed by atoms with Gasteiger partial charge in [-0.3, -0.25) is 0 Å². The fourth-order valence-corrected chi connectivity index (χ4v) is 3.21. The van der Waals surface area contributed by atoms with Gasteiger partial charge in [-0.05, 0) is 37.1 Å². The van der Waals surface area contributed by atoms with E-state index in [0.29, 0.717) is 28.5 Å². The van der Waals surface area contributed by atoms with Crippen molar-refractivity contribution in [2.24, 2.45) is 0 Å². The lowest BCUT2D eigenvalue weighted by molar-refractivity contribution is 0.561. The van der Waals surface area contributed by atoms with E-state index in [0.717, 1.165) is 38.1 Å². The van der Waals surface area contributed by atoms with Gasteiger partial charge in [-0.2, -0.15) is 5.26 Å². The lowest BCUT2D eigenvalue weighted by Crippen LogP contribution is -2.05. The molecule has 0 saturated heterocycles. The molecular weight excluding hydrogens is 331 g/mol. The maximum atomic E-state index is 13.9. The predicted molar refractivity (Wildman–Crippen MR) is 95.2 cm³/mol. The van der Waals surface area contributed by atoms with Crippen molar-refractivity contribution in [1.82, 2.24) is 14.8 Å². The first-order valence-electron chi connectivity index (χ1n) is 8.65. The molecule has 3 aromatic rings. The van der Waals surface area contributed by atoms with Crippen molar-refractivity contribution >= 4 is 11.6 Å². The van der Waals surface area contributed by atoms with Crippen molar-refractivity contribution in [1.29, 1.82) is 5.26 Å². The van der Waals surface area contributed by atoms with Crippen LogP contribution in [0.1, 0.15) is 36.7 Å². The van der Waals surface area contributed by atoms with Gasteiger partial charge in [0.15, 0.2) is 5.82 Å². The Balaban J connectivity index is 1.69. The molecule has 6 heteroatoms. The number of halogens is 1. The number of furan rings is 1. The summed E-state index contributed by atoms with van der Waals surface area (Å²) < 4.78 is 21.7. The second-order valence-electron chi connectivity index (χ2n) is 6.25. The Hall–Kier alpha value is -3.20. The molecule has 26 heavy (non-hydrogen) atoms. The summed E-state index contributed by atoms with van der Waals surface area (Å²) in [5.74, 6) is 2.04. The van der Waals surface area contributed by atoms with Crippen molar-refractivity contribution < 1.29 is 8.81 Å². The van der Waals surface area contributed by atoms with Gasteiger partial charge in [0, 0.05) is 19.0 Å². The first kappa shape index (κ1) is 16.3. The van der Waals surface area contributed by atoms with Gasteiger partial charge in [-0.25, -0.2) is 4.39 Å². The minimum atomic E-state index is -0.347. The zero-order chi connectivity index (χ0) is 17.9. The molecule has 0 spiro atoms. The summed E-state index contributed by atoms with van der Waals surface area (Å²) in [7, 11) is 0. The van der Waals surface area contributed by atoms with Crippen molar-refractivity contribution in [2.75, 3.05) is 0 Å². The van der Waals surface area contributed by atoms with E-state index >= 15 is 0 Å². The summed E-state index contributed by atoms with van der Waals surface area (Å²) in [6.45, 7) is 0.815. The highest BCUT2D eigenvalue weighted by atomic mass is 19.1. The Labute approximate surface area is 150 Å². The van der Waals surface area contributed by atoms with Crippen molar-refractivity contribution in [3.63, 3.8) is 0 Å². The minimum Gasteiger partial charge on any atom is -0.457 e. The third-order valence-electron chi connectivity index (χ3n) is 4.52. The lowest BCUT2D eigenvalue weighted by Gasteiger charge is -2.05. The highest BCUT2D eigenvalue weighted by molar-refractivity contribution is 5.86. The number of benzene rings is 1. The van der Waals surface area contributed by atoms with Gasteiger partial charge < -0.3 is 8.98 Å². The Kier molecular flexibility index (Phi) is 4.36. The van der Waals surface area contributed by atoms with Gasteiger partial charge in [-0.1, -0.05) is 18.6 Å². The van der Waals surface area contributed by atoms with Gasteiger partial charge in [0.1, 0.15) is 34.8 Å². The molecule has 0 fully saturated rings. The topological polar surface area (TPSA) is 67.6 Å². The van der Waals surface area contributed by atoms with Crippen LogP contribution in [0.2, 0.25) is 0 Å². The first-order valence-corrected chi connectivity index (χ1v) is 8.65. The molecule has 1 aromatic carbocycles. The smallest absolute Gasteiger partial charge is 0.174 e. The van der Waals surface area contributed by atoms with E-state index in [9.17, 15) is 9.65 Å². The molecule has 0 amide bonds. The van der Waals surface area contributed by atoms with Crippen LogP contribution in [0.3, 0.4) is 0 Å². The fraction of sp³-hybridized carbons (Fsp3) is 0.250. The normalized spacial score (nSPS) is 14.5. The average Bonchev–Trinajstić information content (AvgIpc) is 3.21. The van der Waals surface area contributed by atoms with Crippen LogP contribution in [-0.2, 0) is 13.0 Å². The summed E-state index contributed by atoms with van der Waals surface area (Å²) >= 11 is 0. The standard InChI is InChI=1S/C20H17FN4O/c21-17-7-4-3-6-16(17)18-10-9-15(26-18)12-14(13-22)20-24-23-19-8-2-1-5-11-25(19)20/h3-4,6-7,9-10,12H,1-2,5,8,11H2/b14-12+. The number of fused-ring (bicyclic) bond motifs is 1. The van der Waals surface area contributed by atoms with Crippen molar-refractivity contribution in [2.45, 2.75) is 32.2 Å². The van der Waals surface area contributed by atoms with Crippen LogP contribution < -0.4 is 0 Å². The number of hydrogen-bond donors (Lipinski definition) is 0.